The number of carboxylic acids is 1. The van der Waals surface area contributed by atoms with Crippen molar-refractivity contribution in [3.8, 4) is 0 Å². The maximum atomic E-state index is 11.2. The molecule has 0 bridgehead atoms. The summed E-state index contributed by atoms with van der Waals surface area (Å²) in [5.74, 6) is -0.732. The van der Waals surface area contributed by atoms with E-state index in [2.05, 4.69) is 31.2 Å². The minimum absolute atomic E-state index is 0.148. The smallest absolute Gasteiger partial charge is 0.320 e. The van der Waals surface area contributed by atoms with E-state index in [4.69, 9.17) is 11.6 Å². The minimum atomic E-state index is -0.732. The van der Waals surface area contributed by atoms with E-state index in [1.54, 1.807) is 0 Å². The molecule has 1 N–H and O–H groups in total. The predicted molar refractivity (Wildman–Crippen MR) is 81.3 cm³/mol. The number of aliphatic carboxylic acids is 1. The molecule has 1 saturated heterocycles. The first-order chi connectivity index (χ1) is 9.61. The van der Waals surface area contributed by atoms with Crippen LogP contribution in [0.5, 0.6) is 0 Å². The third-order valence-electron chi connectivity index (χ3n) is 3.92. The Kier molecular flexibility index (Phi) is 5.44. The van der Waals surface area contributed by atoms with Crippen LogP contribution in [0.4, 0.5) is 0 Å². The fourth-order valence-corrected chi connectivity index (χ4v) is 3.14. The van der Waals surface area contributed by atoms with Crippen LogP contribution in [0, 0.1) is 0 Å². The summed E-state index contributed by atoms with van der Waals surface area (Å²) in [6.07, 6.45) is 3.89. The van der Waals surface area contributed by atoms with Crippen LogP contribution in [-0.2, 0) is 11.2 Å². The van der Waals surface area contributed by atoms with Crippen molar-refractivity contribution in [3.05, 3.63) is 35.4 Å². The summed E-state index contributed by atoms with van der Waals surface area (Å²) < 4.78 is 0. The molecule has 3 nitrogen and oxygen atoms in total. The van der Waals surface area contributed by atoms with Crippen LogP contribution in [0.1, 0.15) is 42.7 Å². The molecule has 0 radical (unpaired) electrons. The van der Waals surface area contributed by atoms with Gasteiger partial charge in [-0.2, -0.15) is 0 Å². The quantitative estimate of drug-likeness (QED) is 0.817. The summed E-state index contributed by atoms with van der Waals surface area (Å²) in [6.45, 7) is 3.59. The third kappa shape index (κ3) is 3.74. The maximum absolute atomic E-state index is 11.2. The van der Waals surface area contributed by atoms with Gasteiger partial charge in [0.1, 0.15) is 6.04 Å². The van der Waals surface area contributed by atoms with Crippen LogP contribution in [-0.4, -0.2) is 35.1 Å². The normalized spacial score (nSPS) is 21.0. The van der Waals surface area contributed by atoms with Crippen molar-refractivity contribution >= 4 is 17.6 Å². The highest BCUT2D eigenvalue weighted by molar-refractivity contribution is 6.21. The lowest BCUT2D eigenvalue weighted by atomic mass is 10.1. The summed E-state index contributed by atoms with van der Waals surface area (Å²) in [7, 11) is 0. The van der Waals surface area contributed by atoms with Gasteiger partial charge in [0, 0.05) is 6.54 Å². The zero-order valence-electron chi connectivity index (χ0n) is 11.9. The van der Waals surface area contributed by atoms with Gasteiger partial charge in [-0.15, -0.1) is 11.6 Å². The van der Waals surface area contributed by atoms with Gasteiger partial charge in [-0.3, -0.25) is 9.69 Å². The van der Waals surface area contributed by atoms with Crippen molar-refractivity contribution in [2.75, 3.05) is 13.1 Å². The fraction of sp³-hybridized carbons (Fsp3) is 0.562. The number of nitrogens with zero attached hydrogens (tertiary/aromatic N) is 1. The van der Waals surface area contributed by atoms with Gasteiger partial charge in [0.2, 0.25) is 0 Å². The molecule has 1 aromatic rings. The second-order valence-electron chi connectivity index (χ2n) is 5.45. The average Bonchev–Trinajstić information content (AvgIpc) is 2.88. The van der Waals surface area contributed by atoms with Gasteiger partial charge in [0.05, 0.1) is 5.38 Å². The molecule has 1 aromatic carbocycles. The molecule has 110 valence electrons. The van der Waals surface area contributed by atoms with Crippen LogP contribution >= 0.6 is 11.6 Å². The lowest BCUT2D eigenvalue weighted by molar-refractivity contribution is -0.142. The molecule has 0 aliphatic carbocycles. The molecule has 2 rings (SSSR count). The molecule has 4 heteroatoms. The van der Waals surface area contributed by atoms with Crippen molar-refractivity contribution in [2.24, 2.45) is 0 Å². The molecule has 1 aliphatic heterocycles. The van der Waals surface area contributed by atoms with Crippen LogP contribution in [0.15, 0.2) is 24.3 Å². The number of aryl methyl sites for hydroxylation is 1. The number of carbonyl (C=O) groups is 1. The van der Waals surface area contributed by atoms with E-state index in [0.717, 1.165) is 37.8 Å². The van der Waals surface area contributed by atoms with E-state index in [1.807, 2.05) is 4.90 Å². The van der Waals surface area contributed by atoms with Gasteiger partial charge < -0.3 is 5.11 Å². The highest BCUT2D eigenvalue weighted by atomic mass is 35.5. The number of hydrogen-bond acceptors (Lipinski definition) is 2. The molecule has 0 saturated carbocycles. The van der Waals surface area contributed by atoms with Gasteiger partial charge in [-0.1, -0.05) is 37.6 Å². The Morgan fingerprint density at radius 1 is 1.45 bits per heavy atom. The average molecular weight is 296 g/mol. The van der Waals surface area contributed by atoms with Crippen LogP contribution < -0.4 is 0 Å². The van der Waals surface area contributed by atoms with Gasteiger partial charge in [-0.05, 0) is 36.9 Å². The molecule has 0 spiro atoms. The lowest BCUT2D eigenvalue weighted by Crippen LogP contribution is -2.37. The molecule has 20 heavy (non-hydrogen) atoms. The first kappa shape index (κ1) is 15.3. The van der Waals surface area contributed by atoms with Gasteiger partial charge in [0.15, 0.2) is 0 Å². The lowest BCUT2D eigenvalue weighted by Gasteiger charge is -2.23. The van der Waals surface area contributed by atoms with Crippen LogP contribution in [0.3, 0.4) is 0 Å². The molecule has 1 aliphatic rings. The highest BCUT2D eigenvalue weighted by Gasteiger charge is 2.31. The monoisotopic (exact) mass is 295 g/mol. The molecule has 1 heterocycles. The standard InChI is InChI=1S/C16H22ClNO2/c1-2-4-12-6-8-13(9-7-12)14(17)11-18-10-3-5-15(18)16(19)20/h6-9,14-15H,2-5,10-11H2,1H3,(H,19,20). The zero-order valence-corrected chi connectivity index (χ0v) is 12.6. The number of halogens is 1. The number of rotatable bonds is 6. The fourth-order valence-electron chi connectivity index (χ4n) is 2.82. The molecule has 1 fully saturated rings. The minimum Gasteiger partial charge on any atom is -0.480 e. The Balaban J connectivity index is 1.97. The summed E-state index contributed by atoms with van der Waals surface area (Å²) in [5, 5.41) is 9.03. The largest absolute Gasteiger partial charge is 0.480 e. The maximum Gasteiger partial charge on any atom is 0.320 e. The van der Waals surface area contributed by atoms with E-state index in [9.17, 15) is 9.90 Å². The molecule has 2 unspecified atom stereocenters. The van der Waals surface area contributed by atoms with Crippen molar-refractivity contribution in [1.82, 2.24) is 4.90 Å². The number of benzene rings is 1. The van der Waals surface area contributed by atoms with Gasteiger partial charge in [-0.25, -0.2) is 0 Å². The van der Waals surface area contributed by atoms with E-state index < -0.39 is 5.97 Å². The number of likely N-dealkylation sites (tertiary alicyclic amines) is 1. The van der Waals surface area contributed by atoms with Crippen LogP contribution in [0.2, 0.25) is 0 Å². The summed E-state index contributed by atoms with van der Waals surface area (Å²) in [4.78, 5) is 13.1. The first-order valence-electron chi connectivity index (χ1n) is 7.31. The van der Waals surface area contributed by atoms with Crippen LogP contribution in [0.25, 0.3) is 0 Å². The van der Waals surface area contributed by atoms with E-state index in [1.165, 1.54) is 5.56 Å². The summed E-state index contributed by atoms with van der Waals surface area (Å²) >= 11 is 6.45. The topological polar surface area (TPSA) is 40.5 Å². The van der Waals surface area contributed by atoms with Crippen molar-refractivity contribution < 1.29 is 9.90 Å². The summed E-state index contributed by atoms with van der Waals surface area (Å²) in [6, 6.07) is 8.00. The molecule has 2 atom stereocenters. The van der Waals surface area contributed by atoms with E-state index >= 15 is 0 Å². The van der Waals surface area contributed by atoms with E-state index in [0.29, 0.717) is 6.54 Å². The zero-order chi connectivity index (χ0) is 14.5. The Morgan fingerprint density at radius 3 is 2.75 bits per heavy atom. The number of hydrogen-bond donors (Lipinski definition) is 1. The second kappa shape index (κ2) is 7.09. The highest BCUT2D eigenvalue weighted by Crippen LogP contribution is 2.26. The number of alkyl halides is 1. The Morgan fingerprint density at radius 2 is 2.15 bits per heavy atom. The van der Waals surface area contributed by atoms with Crippen molar-refractivity contribution in [3.63, 3.8) is 0 Å². The van der Waals surface area contributed by atoms with E-state index in [-0.39, 0.29) is 11.4 Å². The summed E-state index contributed by atoms with van der Waals surface area (Å²) in [5.41, 5.74) is 2.40. The number of carboxylic acid groups (broad SMARTS) is 1. The second-order valence-corrected chi connectivity index (χ2v) is 5.98. The Bertz CT molecular complexity index is 446. The first-order valence-corrected chi connectivity index (χ1v) is 7.75. The van der Waals surface area contributed by atoms with Crippen molar-refractivity contribution in [2.45, 2.75) is 44.0 Å². The predicted octanol–water partition coefficient (Wildman–Crippen LogP) is 3.47. The third-order valence-corrected chi connectivity index (χ3v) is 4.31. The van der Waals surface area contributed by atoms with Gasteiger partial charge in [0.25, 0.3) is 0 Å². The van der Waals surface area contributed by atoms with Crippen molar-refractivity contribution in [1.29, 1.82) is 0 Å². The van der Waals surface area contributed by atoms with Gasteiger partial charge >= 0.3 is 5.97 Å². The SMILES string of the molecule is CCCc1ccc(C(Cl)CN2CCCC2C(=O)O)cc1. The Labute approximate surface area is 125 Å². The molecule has 0 amide bonds. The molecular formula is C16H22ClNO2. The Hall–Kier alpha value is -1.06. The molecule has 0 aromatic heterocycles. The molecular weight excluding hydrogens is 274 g/mol.